The number of carbonyl (C=O) groups is 2. The highest BCUT2D eigenvalue weighted by molar-refractivity contribution is 6.34. The number of likely N-dealkylation sites (tertiary alicyclic amines) is 1. The topological polar surface area (TPSA) is 72.9 Å². The number of carbonyl (C=O) groups excluding carboxylic acids is 2. The zero-order valence-electron chi connectivity index (χ0n) is 23.2. The van der Waals surface area contributed by atoms with Crippen LogP contribution < -0.4 is 5.32 Å². The zero-order chi connectivity index (χ0) is 29.4. The largest absolute Gasteiger partial charge is 0.389 e. The van der Waals surface area contributed by atoms with Crippen molar-refractivity contribution < 1.29 is 27.9 Å². The number of nitrogens with zero attached hydrogens (tertiary/aromatic N) is 2. The highest BCUT2D eigenvalue weighted by Crippen LogP contribution is 2.53. The van der Waals surface area contributed by atoms with Crippen LogP contribution in [0.1, 0.15) is 68.0 Å². The van der Waals surface area contributed by atoms with Gasteiger partial charge in [-0.15, -0.1) is 0 Å². The molecule has 2 amide bonds. The van der Waals surface area contributed by atoms with E-state index in [1.807, 2.05) is 41.3 Å². The molecule has 1 saturated heterocycles. The standard InChI is InChI=1S/C12H17ClN2O.C8H13NO.C8H10O.CHF3/c1-4-7-14-9-5-6-10(11(13)8-9)12(16)15(2)3;10-7-9-5-3-8(1-2-8)4-6-9;1-7(9)8-5-3-2-4-6-8;2-1(3)4/h5-6,8,14H,4,7H2,1-3H3;7H,1-6H2;2-7,9H,1H3;1H. The van der Waals surface area contributed by atoms with Crippen LogP contribution in [0.15, 0.2) is 48.5 Å². The average Bonchev–Trinajstić information content (AvgIpc) is 3.67. The van der Waals surface area contributed by atoms with Gasteiger partial charge < -0.3 is 20.2 Å². The van der Waals surface area contributed by atoms with E-state index in [0.717, 1.165) is 43.7 Å². The van der Waals surface area contributed by atoms with Gasteiger partial charge in [0.25, 0.3) is 5.91 Å². The van der Waals surface area contributed by atoms with Gasteiger partial charge in [-0.2, -0.15) is 13.2 Å². The van der Waals surface area contributed by atoms with E-state index in [1.54, 1.807) is 33.2 Å². The lowest BCUT2D eigenvalue weighted by Crippen LogP contribution is -2.33. The number of amides is 2. The summed E-state index contributed by atoms with van der Waals surface area (Å²) >= 11 is 6.06. The molecule has 4 rings (SSSR count). The minimum atomic E-state index is -3.67. The summed E-state index contributed by atoms with van der Waals surface area (Å²) < 4.78 is 29.0. The number of hydrogen-bond acceptors (Lipinski definition) is 4. The van der Waals surface area contributed by atoms with Crippen molar-refractivity contribution in [2.75, 3.05) is 39.0 Å². The van der Waals surface area contributed by atoms with Gasteiger partial charge in [-0.05, 0) is 68.2 Å². The van der Waals surface area contributed by atoms with Crippen molar-refractivity contribution in [2.24, 2.45) is 5.41 Å². The molecule has 0 aromatic heterocycles. The Morgan fingerprint density at radius 1 is 1.10 bits per heavy atom. The molecule has 10 heteroatoms. The fraction of sp³-hybridized carbons (Fsp3) is 0.517. The Labute approximate surface area is 235 Å². The summed E-state index contributed by atoms with van der Waals surface area (Å²) in [4.78, 5) is 25.4. The van der Waals surface area contributed by atoms with Crippen LogP contribution in [0.2, 0.25) is 5.02 Å². The molecule has 218 valence electrons. The van der Waals surface area contributed by atoms with Gasteiger partial charge >= 0.3 is 6.68 Å². The molecule has 2 N–H and O–H groups in total. The third kappa shape index (κ3) is 13.7. The maximum absolute atomic E-state index is 11.7. The van der Waals surface area contributed by atoms with Crippen molar-refractivity contribution >= 4 is 29.6 Å². The monoisotopic (exact) mass is 571 g/mol. The number of rotatable bonds is 6. The van der Waals surface area contributed by atoms with Gasteiger partial charge in [0.1, 0.15) is 0 Å². The van der Waals surface area contributed by atoms with Gasteiger partial charge in [0.15, 0.2) is 0 Å². The van der Waals surface area contributed by atoms with Crippen LogP contribution in [0.3, 0.4) is 0 Å². The Morgan fingerprint density at radius 2 is 1.67 bits per heavy atom. The maximum atomic E-state index is 11.7. The van der Waals surface area contributed by atoms with Gasteiger partial charge in [-0.25, -0.2) is 0 Å². The quantitative estimate of drug-likeness (QED) is 0.374. The molecule has 2 aromatic rings. The van der Waals surface area contributed by atoms with E-state index >= 15 is 0 Å². The summed E-state index contributed by atoms with van der Waals surface area (Å²) in [6, 6.07) is 15.0. The lowest BCUT2D eigenvalue weighted by Gasteiger charge is -2.28. The van der Waals surface area contributed by atoms with E-state index in [4.69, 9.17) is 16.7 Å². The molecule has 1 spiro atoms. The number of halogens is 4. The number of benzene rings is 2. The predicted molar refractivity (Wildman–Crippen MR) is 151 cm³/mol. The van der Waals surface area contributed by atoms with Crippen molar-refractivity contribution in [1.82, 2.24) is 9.80 Å². The number of aliphatic hydroxyl groups is 1. The number of alkyl halides is 3. The smallest absolute Gasteiger partial charge is 0.379 e. The number of hydrogen-bond donors (Lipinski definition) is 2. The second-order valence-electron chi connectivity index (χ2n) is 9.80. The van der Waals surface area contributed by atoms with Crippen LogP contribution in [0, 0.1) is 5.41 Å². The second kappa shape index (κ2) is 17.7. The second-order valence-corrected chi connectivity index (χ2v) is 10.2. The molecular weight excluding hydrogens is 531 g/mol. The SMILES string of the molecule is CC(O)c1ccccc1.CCCNc1ccc(C(=O)N(C)C)c(Cl)c1.FC(F)F.O=CN1CCC2(CC1)CC2. The molecule has 2 aliphatic rings. The van der Waals surface area contributed by atoms with Crippen molar-refractivity contribution in [3.63, 3.8) is 0 Å². The Hall–Kier alpha value is -2.78. The van der Waals surface area contributed by atoms with E-state index in [-0.39, 0.29) is 12.0 Å². The fourth-order valence-electron chi connectivity index (χ4n) is 3.82. The summed E-state index contributed by atoms with van der Waals surface area (Å²) in [6.07, 6.45) is 7.04. The fourth-order valence-corrected chi connectivity index (χ4v) is 4.08. The summed E-state index contributed by atoms with van der Waals surface area (Å²) in [5, 5.41) is 12.7. The molecule has 2 aromatic carbocycles. The van der Waals surface area contributed by atoms with E-state index in [9.17, 15) is 22.8 Å². The van der Waals surface area contributed by atoms with Crippen LogP contribution in [-0.2, 0) is 4.79 Å². The van der Waals surface area contributed by atoms with Crippen LogP contribution in [0.25, 0.3) is 0 Å². The van der Waals surface area contributed by atoms with E-state index in [0.29, 0.717) is 16.0 Å². The lowest BCUT2D eigenvalue weighted by molar-refractivity contribution is -0.119. The number of nitrogens with one attached hydrogen (secondary N) is 1. The van der Waals surface area contributed by atoms with Gasteiger partial charge in [0.2, 0.25) is 6.41 Å². The first kappa shape index (κ1) is 34.2. The van der Waals surface area contributed by atoms with Gasteiger partial charge in [0.05, 0.1) is 16.7 Å². The number of piperidine rings is 1. The Morgan fingerprint density at radius 3 is 2.05 bits per heavy atom. The minimum Gasteiger partial charge on any atom is -0.389 e. The van der Waals surface area contributed by atoms with Crippen LogP contribution in [0.4, 0.5) is 18.9 Å². The molecule has 0 bridgehead atoms. The van der Waals surface area contributed by atoms with Gasteiger partial charge in [-0.1, -0.05) is 48.9 Å². The Balaban J connectivity index is 0.000000285. The summed E-state index contributed by atoms with van der Waals surface area (Å²) in [7, 11) is 3.42. The molecule has 2 fully saturated rings. The van der Waals surface area contributed by atoms with E-state index in [2.05, 4.69) is 12.2 Å². The Kier molecular flexibility index (Phi) is 15.6. The molecule has 1 unspecified atom stereocenters. The normalized spacial score (nSPS) is 15.4. The maximum Gasteiger partial charge on any atom is 0.379 e. The molecule has 1 aliphatic carbocycles. The molecule has 0 radical (unpaired) electrons. The van der Waals surface area contributed by atoms with E-state index in [1.165, 1.54) is 30.6 Å². The minimum absolute atomic E-state index is 0.0768. The molecule has 1 aliphatic heterocycles. The highest BCUT2D eigenvalue weighted by Gasteiger charge is 2.44. The van der Waals surface area contributed by atoms with Gasteiger partial charge in [-0.3, -0.25) is 9.59 Å². The molecule has 1 atom stereocenters. The molecule has 1 heterocycles. The van der Waals surface area contributed by atoms with Gasteiger partial charge in [0, 0.05) is 39.4 Å². The van der Waals surface area contributed by atoms with Crippen LogP contribution in [0.5, 0.6) is 0 Å². The number of anilines is 1. The van der Waals surface area contributed by atoms with Crippen molar-refractivity contribution in [3.8, 4) is 0 Å². The molecule has 39 heavy (non-hydrogen) atoms. The molecule has 6 nitrogen and oxygen atoms in total. The first-order valence-corrected chi connectivity index (χ1v) is 13.4. The summed E-state index contributed by atoms with van der Waals surface area (Å²) in [5.41, 5.74) is 3.16. The van der Waals surface area contributed by atoms with Crippen molar-refractivity contribution in [3.05, 3.63) is 64.7 Å². The molecule has 1 saturated carbocycles. The number of aliphatic hydroxyl groups excluding tert-OH is 1. The molecular formula is C29H41ClF3N3O3. The zero-order valence-corrected chi connectivity index (χ0v) is 23.9. The van der Waals surface area contributed by atoms with E-state index < -0.39 is 6.68 Å². The third-order valence-electron chi connectivity index (χ3n) is 6.43. The van der Waals surface area contributed by atoms with Crippen molar-refractivity contribution in [2.45, 2.75) is 58.7 Å². The first-order valence-electron chi connectivity index (χ1n) is 13.0. The summed E-state index contributed by atoms with van der Waals surface area (Å²) in [5.74, 6) is -0.0768. The Bertz CT molecular complexity index is 977. The summed E-state index contributed by atoms with van der Waals surface area (Å²) in [6.45, 7) is 3.10. The lowest BCUT2D eigenvalue weighted by atomic mass is 9.94. The van der Waals surface area contributed by atoms with Crippen molar-refractivity contribution in [1.29, 1.82) is 0 Å². The predicted octanol–water partition coefficient (Wildman–Crippen LogP) is 6.80. The first-order chi connectivity index (χ1) is 18.4. The highest BCUT2D eigenvalue weighted by atomic mass is 35.5. The van der Waals surface area contributed by atoms with Crippen LogP contribution in [-0.4, -0.2) is 67.6 Å². The average molecular weight is 572 g/mol. The third-order valence-corrected chi connectivity index (χ3v) is 6.74. The van der Waals surface area contributed by atoms with Crippen LogP contribution >= 0.6 is 11.6 Å².